The molecule has 4 rings (SSSR count). The van der Waals surface area contributed by atoms with E-state index in [0.717, 1.165) is 17.3 Å². The summed E-state index contributed by atoms with van der Waals surface area (Å²) in [5.74, 6) is -0.205. The fourth-order valence-corrected chi connectivity index (χ4v) is 5.71. The third kappa shape index (κ3) is 5.35. The Kier molecular flexibility index (Phi) is 7.57. The molecule has 1 aromatic heterocycles. The first-order valence-electron chi connectivity index (χ1n) is 12.1. The van der Waals surface area contributed by atoms with Gasteiger partial charge in [0.2, 0.25) is 0 Å². The average Bonchev–Trinajstić information content (AvgIpc) is 3.21. The van der Waals surface area contributed by atoms with E-state index in [0.29, 0.717) is 16.1 Å². The normalized spacial score (nSPS) is 11.8. The van der Waals surface area contributed by atoms with Gasteiger partial charge >= 0.3 is 0 Å². The molecule has 0 aliphatic carbocycles. The minimum Gasteiger partial charge on any atom is -0.348 e. The first-order valence-corrected chi connectivity index (χ1v) is 14.1. The first kappa shape index (κ1) is 26.0. The lowest BCUT2D eigenvalue weighted by molar-refractivity contribution is 0.0951. The summed E-state index contributed by atoms with van der Waals surface area (Å²) in [6, 6.07) is 21.2. The van der Waals surface area contributed by atoms with Crippen molar-refractivity contribution in [1.82, 2.24) is 9.88 Å². The third-order valence-corrected chi connectivity index (χ3v) is 8.62. The highest BCUT2D eigenvalue weighted by atomic mass is 35.5. The maximum Gasteiger partial charge on any atom is 0.251 e. The average molecular weight is 523 g/mol. The summed E-state index contributed by atoms with van der Waals surface area (Å²) >= 11 is 6.31. The zero-order valence-corrected chi connectivity index (χ0v) is 22.6. The lowest BCUT2D eigenvalue weighted by atomic mass is 10.0. The number of aryl methyl sites for hydroxylation is 1. The van der Waals surface area contributed by atoms with Gasteiger partial charge in [0, 0.05) is 46.2 Å². The SMILES string of the molecule is CCS(=O)(=O)c1ccc(CNC(=O)c2ccc3c(c2)cc(Cc2ccccc2C)n3C(C)C)c(Cl)c1. The van der Waals surface area contributed by atoms with Crippen LogP contribution < -0.4 is 5.32 Å². The van der Waals surface area contributed by atoms with Crippen molar-refractivity contribution in [3.8, 4) is 0 Å². The van der Waals surface area contributed by atoms with Gasteiger partial charge in [-0.25, -0.2) is 8.42 Å². The Labute approximate surface area is 218 Å². The van der Waals surface area contributed by atoms with Crippen molar-refractivity contribution in [3.05, 3.63) is 99.7 Å². The van der Waals surface area contributed by atoms with Gasteiger partial charge < -0.3 is 9.88 Å². The van der Waals surface area contributed by atoms with Crippen LogP contribution in [-0.2, 0) is 22.8 Å². The first-order chi connectivity index (χ1) is 17.1. The fraction of sp³-hybridized carbons (Fsp3) is 0.276. The van der Waals surface area contributed by atoms with E-state index in [-0.39, 0.29) is 29.1 Å². The van der Waals surface area contributed by atoms with Crippen LogP contribution in [0.5, 0.6) is 0 Å². The lowest BCUT2D eigenvalue weighted by Crippen LogP contribution is -2.23. The Morgan fingerprint density at radius 3 is 2.42 bits per heavy atom. The number of sulfone groups is 1. The molecular weight excluding hydrogens is 492 g/mol. The van der Waals surface area contributed by atoms with Crippen LogP contribution >= 0.6 is 11.6 Å². The molecule has 1 N–H and O–H groups in total. The van der Waals surface area contributed by atoms with E-state index in [1.54, 1.807) is 13.0 Å². The number of halogens is 1. The van der Waals surface area contributed by atoms with Crippen molar-refractivity contribution in [2.24, 2.45) is 0 Å². The molecule has 0 aliphatic heterocycles. The predicted molar refractivity (Wildman–Crippen MR) is 147 cm³/mol. The molecule has 0 bridgehead atoms. The largest absolute Gasteiger partial charge is 0.348 e. The summed E-state index contributed by atoms with van der Waals surface area (Å²) < 4.78 is 26.5. The highest BCUT2D eigenvalue weighted by molar-refractivity contribution is 7.91. The number of benzene rings is 3. The molecule has 36 heavy (non-hydrogen) atoms. The lowest BCUT2D eigenvalue weighted by Gasteiger charge is -2.16. The van der Waals surface area contributed by atoms with Gasteiger partial charge in [0.25, 0.3) is 5.91 Å². The van der Waals surface area contributed by atoms with Crippen LogP contribution in [0, 0.1) is 6.92 Å². The summed E-state index contributed by atoms with van der Waals surface area (Å²) in [5, 5.41) is 4.24. The zero-order valence-electron chi connectivity index (χ0n) is 21.0. The van der Waals surface area contributed by atoms with E-state index in [1.165, 1.54) is 29.0 Å². The van der Waals surface area contributed by atoms with Crippen LogP contribution in [0.25, 0.3) is 10.9 Å². The Bertz CT molecular complexity index is 1540. The fourth-order valence-electron chi connectivity index (χ4n) is 4.49. The Morgan fingerprint density at radius 2 is 1.75 bits per heavy atom. The molecule has 0 saturated heterocycles. The molecule has 0 spiro atoms. The molecule has 4 aromatic rings. The molecule has 0 fully saturated rings. The Hall–Kier alpha value is -3.09. The highest BCUT2D eigenvalue weighted by Crippen LogP contribution is 2.28. The van der Waals surface area contributed by atoms with Gasteiger partial charge in [-0.2, -0.15) is 0 Å². The maximum absolute atomic E-state index is 12.9. The number of hydrogen-bond acceptors (Lipinski definition) is 3. The van der Waals surface area contributed by atoms with E-state index in [9.17, 15) is 13.2 Å². The van der Waals surface area contributed by atoms with Crippen LogP contribution in [0.2, 0.25) is 5.02 Å². The second-order valence-corrected chi connectivity index (χ2v) is 12.0. The number of hydrogen-bond donors (Lipinski definition) is 1. The van der Waals surface area contributed by atoms with E-state index in [4.69, 9.17) is 11.6 Å². The standard InChI is InChI=1S/C29H31ClN2O3S/c1-5-36(34,35)26-12-10-23(27(30)17-26)18-31-29(33)22-11-13-28-24(14-22)16-25(32(28)19(2)3)15-21-9-7-6-8-20(21)4/h6-14,16-17,19H,5,15,18H2,1-4H3,(H,31,33). The zero-order chi connectivity index (χ0) is 26.0. The van der Waals surface area contributed by atoms with Crippen LogP contribution in [0.1, 0.15) is 59.6 Å². The topological polar surface area (TPSA) is 68.2 Å². The van der Waals surface area contributed by atoms with E-state index >= 15 is 0 Å². The number of rotatable bonds is 8. The van der Waals surface area contributed by atoms with Gasteiger partial charge in [0.1, 0.15) is 0 Å². The van der Waals surface area contributed by atoms with Gasteiger partial charge in [-0.1, -0.05) is 48.9 Å². The number of nitrogens with one attached hydrogen (secondary N) is 1. The van der Waals surface area contributed by atoms with Gasteiger partial charge in [-0.05, 0) is 73.9 Å². The monoisotopic (exact) mass is 522 g/mol. The van der Waals surface area contributed by atoms with Gasteiger partial charge in [0.15, 0.2) is 9.84 Å². The van der Waals surface area contributed by atoms with Crippen molar-refractivity contribution < 1.29 is 13.2 Å². The minimum absolute atomic E-state index is 0.00704. The van der Waals surface area contributed by atoms with Crippen LogP contribution in [-0.4, -0.2) is 24.6 Å². The highest BCUT2D eigenvalue weighted by Gasteiger charge is 2.16. The molecule has 0 saturated carbocycles. The number of carbonyl (C=O) groups is 1. The summed E-state index contributed by atoms with van der Waals surface area (Å²) in [4.78, 5) is 13.1. The molecule has 188 valence electrons. The third-order valence-electron chi connectivity index (χ3n) is 6.53. The number of fused-ring (bicyclic) bond motifs is 1. The molecular formula is C29H31ClN2O3S. The van der Waals surface area contributed by atoms with Crippen molar-refractivity contribution in [2.45, 2.75) is 51.6 Å². The summed E-state index contributed by atoms with van der Waals surface area (Å²) in [6.07, 6.45) is 0.823. The van der Waals surface area contributed by atoms with E-state index in [1.807, 2.05) is 18.2 Å². The van der Waals surface area contributed by atoms with Crippen LogP contribution in [0.3, 0.4) is 0 Å². The summed E-state index contributed by atoms with van der Waals surface area (Å²) in [6.45, 7) is 8.26. The Balaban J connectivity index is 1.56. The molecule has 1 amide bonds. The molecule has 0 atom stereocenters. The van der Waals surface area contributed by atoms with Crippen molar-refractivity contribution >= 4 is 38.2 Å². The van der Waals surface area contributed by atoms with Crippen molar-refractivity contribution in [2.75, 3.05) is 5.75 Å². The predicted octanol–water partition coefficient (Wildman–Crippen LogP) is 6.50. The second kappa shape index (κ2) is 10.5. The Morgan fingerprint density at radius 1 is 1.00 bits per heavy atom. The molecule has 5 nitrogen and oxygen atoms in total. The smallest absolute Gasteiger partial charge is 0.251 e. The van der Waals surface area contributed by atoms with Crippen molar-refractivity contribution in [1.29, 1.82) is 0 Å². The minimum atomic E-state index is -3.34. The molecule has 0 aliphatic rings. The molecule has 1 heterocycles. The quantitative estimate of drug-likeness (QED) is 0.287. The van der Waals surface area contributed by atoms with Gasteiger partial charge in [-0.15, -0.1) is 0 Å². The number of aromatic nitrogens is 1. The summed E-state index contributed by atoms with van der Waals surface area (Å²) in [7, 11) is -3.34. The number of amides is 1. The number of nitrogens with zero attached hydrogens (tertiary/aromatic N) is 1. The van der Waals surface area contributed by atoms with Crippen molar-refractivity contribution in [3.63, 3.8) is 0 Å². The van der Waals surface area contributed by atoms with E-state index in [2.05, 4.69) is 61.0 Å². The van der Waals surface area contributed by atoms with E-state index < -0.39 is 9.84 Å². The second-order valence-electron chi connectivity index (χ2n) is 9.32. The van der Waals surface area contributed by atoms with Gasteiger partial charge in [-0.3, -0.25) is 4.79 Å². The molecule has 0 unspecified atom stereocenters. The maximum atomic E-state index is 12.9. The summed E-state index contributed by atoms with van der Waals surface area (Å²) in [5.41, 5.74) is 6.08. The molecule has 0 radical (unpaired) electrons. The van der Waals surface area contributed by atoms with Crippen LogP contribution in [0.4, 0.5) is 0 Å². The molecule has 7 heteroatoms. The number of carbonyl (C=O) groups excluding carboxylic acids is 1. The molecule has 3 aromatic carbocycles. The van der Waals surface area contributed by atoms with Crippen LogP contribution in [0.15, 0.2) is 71.6 Å². The van der Waals surface area contributed by atoms with Gasteiger partial charge in [0.05, 0.1) is 10.6 Å².